The minimum absolute atomic E-state index is 0.0666. The lowest BCUT2D eigenvalue weighted by molar-refractivity contribution is 0.473. The second-order valence-corrected chi connectivity index (χ2v) is 6.37. The largest absolute Gasteiger partial charge is 0.345 e. The van der Waals surface area contributed by atoms with Crippen molar-refractivity contribution in [2.24, 2.45) is 5.73 Å². The molecule has 0 aliphatic carbocycles. The lowest BCUT2D eigenvalue weighted by Crippen LogP contribution is -2.31. The Bertz CT molecular complexity index is 679. The summed E-state index contributed by atoms with van der Waals surface area (Å²) in [7, 11) is -3.47. The molecule has 2 aromatic heterocycles. The summed E-state index contributed by atoms with van der Waals surface area (Å²) in [6.45, 7) is 0.867. The van der Waals surface area contributed by atoms with Gasteiger partial charge in [-0.2, -0.15) is 4.31 Å². The summed E-state index contributed by atoms with van der Waals surface area (Å²) in [6.07, 6.45) is 3.83. The number of H-pyrrole nitrogens is 1. The second-order valence-electron chi connectivity index (χ2n) is 4.46. The van der Waals surface area contributed by atoms with Gasteiger partial charge in [-0.15, -0.1) is 0 Å². The van der Waals surface area contributed by atoms with E-state index >= 15 is 0 Å². The number of aromatic nitrogens is 2. The van der Waals surface area contributed by atoms with E-state index in [2.05, 4.69) is 9.97 Å². The predicted octanol–water partition coefficient (Wildman–Crippen LogP) is 0.285. The van der Waals surface area contributed by atoms with Crippen LogP contribution in [0.5, 0.6) is 0 Å². The molecule has 6 nitrogen and oxygen atoms in total. The van der Waals surface area contributed by atoms with E-state index in [1.54, 1.807) is 18.3 Å². The Balaban J connectivity index is 2.08. The SMILES string of the molecule is NC1CCN(S(=O)(=O)c2c[nH]c3ncccc23)C1. The van der Waals surface area contributed by atoms with E-state index in [1.807, 2.05) is 0 Å². The minimum Gasteiger partial charge on any atom is -0.345 e. The molecule has 0 aromatic carbocycles. The Morgan fingerprint density at radius 2 is 2.33 bits per heavy atom. The van der Waals surface area contributed by atoms with Gasteiger partial charge in [0.25, 0.3) is 0 Å². The maximum Gasteiger partial charge on any atom is 0.245 e. The van der Waals surface area contributed by atoms with Crippen molar-refractivity contribution >= 4 is 21.1 Å². The molecule has 0 bridgehead atoms. The van der Waals surface area contributed by atoms with Gasteiger partial charge >= 0.3 is 0 Å². The van der Waals surface area contributed by atoms with Gasteiger partial charge in [-0.1, -0.05) is 0 Å². The van der Waals surface area contributed by atoms with Gasteiger partial charge in [-0.3, -0.25) is 0 Å². The van der Waals surface area contributed by atoms with Crippen LogP contribution in [-0.4, -0.2) is 41.8 Å². The molecule has 18 heavy (non-hydrogen) atoms. The van der Waals surface area contributed by atoms with Crippen molar-refractivity contribution in [1.29, 1.82) is 0 Å². The number of nitrogens with zero attached hydrogens (tertiary/aromatic N) is 2. The molecular formula is C11H14N4O2S. The fourth-order valence-corrected chi connectivity index (χ4v) is 3.92. The molecule has 1 fully saturated rings. The Morgan fingerprint density at radius 1 is 1.50 bits per heavy atom. The highest BCUT2D eigenvalue weighted by Gasteiger charge is 2.32. The third-order valence-corrected chi connectivity index (χ3v) is 5.12. The van der Waals surface area contributed by atoms with Crippen LogP contribution < -0.4 is 5.73 Å². The lowest BCUT2D eigenvalue weighted by atomic mass is 10.3. The number of hydrogen-bond acceptors (Lipinski definition) is 4. The van der Waals surface area contributed by atoms with E-state index in [4.69, 9.17) is 5.73 Å². The smallest absolute Gasteiger partial charge is 0.245 e. The molecule has 3 N–H and O–H groups in total. The van der Waals surface area contributed by atoms with Crippen molar-refractivity contribution in [2.75, 3.05) is 13.1 Å². The number of fused-ring (bicyclic) bond motifs is 1. The molecule has 7 heteroatoms. The summed E-state index contributed by atoms with van der Waals surface area (Å²) in [4.78, 5) is 7.25. The van der Waals surface area contributed by atoms with Crippen molar-refractivity contribution in [3.63, 3.8) is 0 Å². The first-order chi connectivity index (χ1) is 8.59. The normalized spacial score (nSPS) is 21.7. The van der Waals surface area contributed by atoms with Crippen LogP contribution in [0.2, 0.25) is 0 Å². The highest BCUT2D eigenvalue weighted by molar-refractivity contribution is 7.89. The second kappa shape index (κ2) is 4.04. The van der Waals surface area contributed by atoms with Gasteiger partial charge < -0.3 is 10.7 Å². The van der Waals surface area contributed by atoms with Gasteiger partial charge in [0.1, 0.15) is 10.5 Å². The van der Waals surface area contributed by atoms with E-state index in [0.717, 1.165) is 0 Å². The highest BCUT2D eigenvalue weighted by atomic mass is 32.2. The minimum atomic E-state index is -3.47. The molecule has 1 aliphatic heterocycles. The first kappa shape index (κ1) is 11.6. The number of hydrogen-bond donors (Lipinski definition) is 2. The van der Waals surface area contributed by atoms with Crippen LogP contribution >= 0.6 is 0 Å². The van der Waals surface area contributed by atoms with Gasteiger partial charge in [-0.25, -0.2) is 13.4 Å². The summed E-state index contributed by atoms with van der Waals surface area (Å²) in [5, 5.41) is 0.623. The molecule has 0 saturated carbocycles. The van der Waals surface area contributed by atoms with Gasteiger partial charge in [0.2, 0.25) is 10.0 Å². The number of nitrogens with one attached hydrogen (secondary N) is 1. The Labute approximate surface area is 105 Å². The van der Waals surface area contributed by atoms with Gasteiger partial charge in [0.15, 0.2) is 0 Å². The average molecular weight is 266 g/mol. The summed E-state index contributed by atoms with van der Waals surface area (Å²) >= 11 is 0. The molecule has 96 valence electrons. The van der Waals surface area contributed by atoms with E-state index in [9.17, 15) is 8.42 Å². The monoisotopic (exact) mass is 266 g/mol. The zero-order valence-electron chi connectivity index (χ0n) is 9.70. The van der Waals surface area contributed by atoms with Crippen LogP contribution in [-0.2, 0) is 10.0 Å². The zero-order valence-corrected chi connectivity index (χ0v) is 10.5. The lowest BCUT2D eigenvalue weighted by Gasteiger charge is -2.14. The van der Waals surface area contributed by atoms with Crippen molar-refractivity contribution in [3.05, 3.63) is 24.5 Å². The molecule has 1 saturated heterocycles. The van der Waals surface area contributed by atoms with E-state index in [-0.39, 0.29) is 10.9 Å². The number of aromatic amines is 1. The Morgan fingerprint density at radius 3 is 3.06 bits per heavy atom. The molecule has 3 heterocycles. The summed E-state index contributed by atoms with van der Waals surface area (Å²) in [5.74, 6) is 0. The van der Waals surface area contributed by atoms with Crippen LogP contribution in [0.1, 0.15) is 6.42 Å². The molecular weight excluding hydrogens is 252 g/mol. The highest BCUT2D eigenvalue weighted by Crippen LogP contribution is 2.26. The zero-order chi connectivity index (χ0) is 12.8. The van der Waals surface area contributed by atoms with E-state index in [1.165, 1.54) is 10.5 Å². The third-order valence-electron chi connectivity index (χ3n) is 3.22. The van der Waals surface area contributed by atoms with Gasteiger partial charge in [0.05, 0.1) is 0 Å². The average Bonchev–Trinajstić information content (AvgIpc) is 2.95. The summed E-state index contributed by atoms with van der Waals surface area (Å²) < 4.78 is 26.4. The third kappa shape index (κ3) is 1.71. The van der Waals surface area contributed by atoms with Crippen LogP contribution in [0.15, 0.2) is 29.4 Å². The van der Waals surface area contributed by atoms with Crippen LogP contribution in [0, 0.1) is 0 Å². The quantitative estimate of drug-likeness (QED) is 0.817. The molecule has 1 atom stereocenters. The fourth-order valence-electron chi connectivity index (χ4n) is 2.26. The maximum atomic E-state index is 12.5. The predicted molar refractivity (Wildman–Crippen MR) is 67.4 cm³/mol. The van der Waals surface area contributed by atoms with E-state index < -0.39 is 10.0 Å². The van der Waals surface area contributed by atoms with Gasteiger partial charge in [-0.05, 0) is 18.6 Å². The number of pyridine rings is 1. The van der Waals surface area contributed by atoms with Gasteiger partial charge in [0, 0.05) is 36.9 Å². The molecule has 1 aliphatic rings. The Kier molecular flexibility index (Phi) is 2.61. The van der Waals surface area contributed by atoms with Crippen molar-refractivity contribution < 1.29 is 8.42 Å². The molecule has 0 amide bonds. The topological polar surface area (TPSA) is 92.1 Å². The maximum absolute atomic E-state index is 12.5. The first-order valence-electron chi connectivity index (χ1n) is 5.77. The van der Waals surface area contributed by atoms with Crippen molar-refractivity contribution in [1.82, 2.24) is 14.3 Å². The summed E-state index contributed by atoms with van der Waals surface area (Å²) in [5.41, 5.74) is 6.34. The number of sulfonamides is 1. The number of nitrogens with two attached hydrogens (primary N) is 1. The fraction of sp³-hybridized carbons (Fsp3) is 0.364. The molecule has 0 radical (unpaired) electrons. The molecule has 3 rings (SSSR count). The molecule has 1 unspecified atom stereocenters. The summed E-state index contributed by atoms with van der Waals surface area (Å²) in [6, 6.07) is 3.41. The standard InChI is InChI=1S/C11H14N4O2S/c12-8-3-5-15(7-8)18(16,17)10-6-14-11-9(10)2-1-4-13-11/h1-2,4,6,8H,3,5,7,12H2,(H,13,14). The Hall–Kier alpha value is -1.44. The molecule has 0 spiro atoms. The van der Waals surface area contributed by atoms with Crippen molar-refractivity contribution in [3.8, 4) is 0 Å². The van der Waals surface area contributed by atoms with Crippen LogP contribution in [0.4, 0.5) is 0 Å². The van der Waals surface area contributed by atoms with Crippen molar-refractivity contribution in [2.45, 2.75) is 17.4 Å². The molecule has 2 aromatic rings. The van der Waals surface area contributed by atoms with E-state index in [0.29, 0.717) is 30.5 Å². The first-order valence-corrected chi connectivity index (χ1v) is 7.21. The van der Waals surface area contributed by atoms with Crippen LogP contribution in [0.25, 0.3) is 11.0 Å². The number of rotatable bonds is 2. The van der Waals surface area contributed by atoms with Crippen LogP contribution in [0.3, 0.4) is 0 Å².